The molecule has 3 atom stereocenters. The van der Waals surface area contributed by atoms with E-state index >= 15 is 0 Å². The Bertz CT molecular complexity index is 363. The van der Waals surface area contributed by atoms with Crippen molar-refractivity contribution in [2.45, 2.75) is 58.6 Å². The number of ether oxygens (including phenoxy) is 1. The summed E-state index contributed by atoms with van der Waals surface area (Å²) in [6.07, 6.45) is 3.57. The van der Waals surface area contributed by atoms with Crippen molar-refractivity contribution in [3.05, 3.63) is 0 Å². The molecule has 3 rings (SSSR count). The molecule has 0 aromatic heterocycles. The Labute approximate surface area is 127 Å². The zero-order chi connectivity index (χ0) is 14.6. The van der Waals surface area contributed by atoms with Gasteiger partial charge in [-0.3, -0.25) is 11.3 Å². The van der Waals surface area contributed by atoms with Gasteiger partial charge in [0, 0.05) is 18.4 Å². The second-order valence-electron chi connectivity index (χ2n) is 8.20. The highest BCUT2D eigenvalue weighted by atomic mass is 32.2. The van der Waals surface area contributed by atoms with Gasteiger partial charge in [-0.1, -0.05) is 27.7 Å². The van der Waals surface area contributed by atoms with Crippen molar-refractivity contribution in [3.63, 3.8) is 0 Å². The van der Waals surface area contributed by atoms with Gasteiger partial charge in [0.05, 0.1) is 5.60 Å². The van der Waals surface area contributed by atoms with Crippen LogP contribution in [-0.2, 0) is 4.74 Å². The second kappa shape index (κ2) is 4.87. The molecular weight excluding hydrogens is 268 g/mol. The first-order valence-electron chi connectivity index (χ1n) is 8.02. The SMILES string of the molecule is CC1(C)C(C(NN)C2CCOC3(CCSC3)C2)C1(C)C. The Kier molecular flexibility index (Phi) is 3.69. The number of hydrazine groups is 1. The molecule has 3 aliphatic rings. The summed E-state index contributed by atoms with van der Waals surface area (Å²) in [5, 5.41) is 0. The molecule has 116 valence electrons. The predicted molar refractivity (Wildman–Crippen MR) is 85.5 cm³/mol. The van der Waals surface area contributed by atoms with E-state index in [1.54, 1.807) is 0 Å². The second-order valence-corrected chi connectivity index (χ2v) is 9.31. The highest BCUT2D eigenvalue weighted by Gasteiger charge is 2.68. The summed E-state index contributed by atoms with van der Waals surface area (Å²) >= 11 is 2.05. The summed E-state index contributed by atoms with van der Waals surface area (Å²) < 4.78 is 6.17. The van der Waals surface area contributed by atoms with Gasteiger partial charge >= 0.3 is 0 Å². The Balaban J connectivity index is 1.74. The maximum atomic E-state index is 6.17. The van der Waals surface area contributed by atoms with Crippen molar-refractivity contribution in [2.75, 3.05) is 18.1 Å². The minimum atomic E-state index is 0.159. The van der Waals surface area contributed by atoms with Crippen LogP contribution in [0.1, 0.15) is 47.0 Å². The summed E-state index contributed by atoms with van der Waals surface area (Å²) in [7, 11) is 0. The van der Waals surface area contributed by atoms with Gasteiger partial charge < -0.3 is 4.74 Å². The minimum absolute atomic E-state index is 0.159. The molecule has 1 saturated carbocycles. The number of rotatable bonds is 3. The zero-order valence-corrected chi connectivity index (χ0v) is 14.2. The van der Waals surface area contributed by atoms with E-state index in [0.29, 0.717) is 28.7 Å². The van der Waals surface area contributed by atoms with Gasteiger partial charge in [0.2, 0.25) is 0 Å². The molecule has 3 N–H and O–H groups in total. The van der Waals surface area contributed by atoms with Crippen molar-refractivity contribution in [2.24, 2.45) is 28.5 Å². The molecule has 3 fully saturated rings. The average Bonchev–Trinajstić information content (AvgIpc) is 2.71. The smallest absolute Gasteiger partial charge is 0.0783 e. The van der Waals surface area contributed by atoms with Gasteiger partial charge in [0.15, 0.2) is 0 Å². The third-order valence-corrected chi connectivity index (χ3v) is 8.01. The Morgan fingerprint density at radius 3 is 2.45 bits per heavy atom. The first kappa shape index (κ1) is 15.1. The monoisotopic (exact) mass is 298 g/mol. The summed E-state index contributed by atoms with van der Waals surface area (Å²) in [5.74, 6) is 9.75. The number of nitrogens with two attached hydrogens (primary N) is 1. The first-order valence-corrected chi connectivity index (χ1v) is 9.17. The third kappa shape index (κ3) is 2.15. The average molecular weight is 298 g/mol. The molecule has 0 bridgehead atoms. The molecule has 4 heteroatoms. The van der Waals surface area contributed by atoms with Crippen LogP contribution in [0.5, 0.6) is 0 Å². The van der Waals surface area contributed by atoms with Crippen LogP contribution in [0, 0.1) is 22.7 Å². The van der Waals surface area contributed by atoms with Crippen molar-refractivity contribution in [1.29, 1.82) is 0 Å². The molecule has 0 aromatic rings. The van der Waals surface area contributed by atoms with E-state index in [1.807, 2.05) is 11.8 Å². The number of thioether (sulfide) groups is 1. The highest BCUT2D eigenvalue weighted by molar-refractivity contribution is 7.99. The van der Waals surface area contributed by atoms with Crippen LogP contribution >= 0.6 is 11.8 Å². The van der Waals surface area contributed by atoms with E-state index in [2.05, 4.69) is 33.1 Å². The van der Waals surface area contributed by atoms with Gasteiger partial charge in [-0.2, -0.15) is 11.8 Å². The highest BCUT2D eigenvalue weighted by Crippen LogP contribution is 2.70. The lowest BCUT2D eigenvalue weighted by atomic mass is 9.78. The summed E-state index contributed by atoms with van der Waals surface area (Å²) in [4.78, 5) is 0. The normalized spacial score (nSPS) is 41.0. The van der Waals surface area contributed by atoms with Crippen LogP contribution in [0.2, 0.25) is 0 Å². The lowest BCUT2D eigenvalue weighted by Gasteiger charge is -2.41. The van der Waals surface area contributed by atoms with Crippen LogP contribution in [-0.4, -0.2) is 29.8 Å². The fraction of sp³-hybridized carbons (Fsp3) is 1.00. The van der Waals surface area contributed by atoms with Crippen molar-refractivity contribution < 1.29 is 4.74 Å². The third-order valence-electron chi connectivity index (χ3n) is 6.79. The lowest BCUT2D eigenvalue weighted by Crippen LogP contribution is -2.50. The molecule has 0 radical (unpaired) electrons. The summed E-state index contributed by atoms with van der Waals surface area (Å²) in [5.41, 5.74) is 4.13. The number of hydrogen-bond donors (Lipinski definition) is 2. The molecule has 3 nitrogen and oxygen atoms in total. The van der Waals surface area contributed by atoms with Crippen molar-refractivity contribution in [1.82, 2.24) is 5.43 Å². The van der Waals surface area contributed by atoms with E-state index in [4.69, 9.17) is 10.6 Å². The summed E-state index contributed by atoms with van der Waals surface area (Å²) in [6.45, 7) is 10.5. The van der Waals surface area contributed by atoms with Crippen LogP contribution in [0.4, 0.5) is 0 Å². The van der Waals surface area contributed by atoms with Crippen LogP contribution in [0.3, 0.4) is 0 Å². The molecule has 2 heterocycles. The van der Waals surface area contributed by atoms with Gasteiger partial charge in [0.25, 0.3) is 0 Å². The summed E-state index contributed by atoms with van der Waals surface area (Å²) in [6, 6.07) is 0.436. The van der Waals surface area contributed by atoms with E-state index in [0.717, 1.165) is 13.0 Å². The van der Waals surface area contributed by atoms with Gasteiger partial charge in [0.1, 0.15) is 0 Å². The maximum Gasteiger partial charge on any atom is 0.0783 e. The van der Waals surface area contributed by atoms with Gasteiger partial charge in [-0.15, -0.1) is 0 Å². The Morgan fingerprint density at radius 1 is 1.25 bits per heavy atom. The van der Waals surface area contributed by atoms with Crippen molar-refractivity contribution >= 4 is 11.8 Å². The fourth-order valence-corrected chi connectivity index (χ4v) is 6.26. The van der Waals surface area contributed by atoms with Crippen molar-refractivity contribution in [3.8, 4) is 0 Å². The molecule has 20 heavy (non-hydrogen) atoms. The Hall–Kier alpha value is 0.230. The lowest BCUT2D eigenvalue weighted by molar-refractivity contribution is -0.0873. The largest absolute Gasteiger partial charge is 0.374 e. The van der Waals surface area contributed by atoms with E-state index in [1.165, 1.54) is 24.3 Å². The zero-order valence-electron chi connectivity index (χ0n) is 13.4. The van der Waals surface area contributed by atoms with Crippen LogP contribution in [0.15, 0.2) is 0 Å². The molecule has 2 saturated heterocycles. The molecule has 3 unspecified atom stereocenters. The Morgan fingerprint density at radius 2 is 1.95 bits per heavy atom. The molecule has 0 amide bonds. The molecule has 0 aromatic carbocycles. The van der Waals surface area contributed by atoms with Gasteiger partial charge in [-0.05, 0) is 47.7 Å². The molecular formula is C16H30N2OS. The van der Waals surface area contributed by atoms with E-state index < -0.39 is 0 Å². The molecule has 1 aliphatic carbocycles. The quantitative estimate of drug-likeness (QED) is 0.621. The van der Waals surface area contributed by atoms with Crippen LogP contribution in [0.25, 0.3) is 0 Å². The fourth-order valence-electron chi connectivity index (χ4n) is 4.89. The predicted octanol–water partition coefficient (Wildman–Crippen LogP) is 2.80. The maximum absolute atomic E-state index is 6.17. The van der Waals surface area contributed by atoms with E-state index in [9.17, 15) is 0 Å². The molecule has 1 spiro atoms. The first-order chi connectivity index (χ1) is 9.34. The topological polar surface area (TPSA) is 47.3 Å². The number of nitrogens with one attached hydrogen (secondary N) is 1. The minimum Gasteiger partial charge on any atom is -0.374 e. The van der Waals surface area contributed by atoms with E-state index in [-0.39, 0.29) is 5.60 Å². The van der Waals surface area contributed by atoms with Crippen LogP contribution < -0.4 is 11.3 Å². The number of hydrogen-bond acceptors (Lipinski definition) is 4. The standard InChI is InChI=1S/C16H30N2OS/c1-14(2)13(15(14,3)4)12(18-17)11-5-7-19-16(9-11)6-8-20-10-16/h11-13,18H,5-10,17H2,1-4H3. The van der Waals surface area contributed by atoms with Gasteiger partial charge in [-0.25, -0.2) is 0 Å². The molecule has 2 aliphatic heterocycles.